The fourth-order valence-corrected chi connectivity index (χ4v) is 4.82. The molecule has 0 saturated carbocycles. The second-order valence-electron chi connectivity index (χ2n) is 9.33. The Morgan fingerprint density at radius 2 is 1.65 bits per heavy atom. The summed E-state index contributed by atoms with van der Waals surface area (Å²) < 4.78 is 11.9. The molecular weight excluding hydrogens is 466 g/mol. The van der Waals surface area contributed by atoms with Crippen molar-refractivity contribution in [2.75, 3.05) is 11.5 Å². The summed E-state index contributed by atoms with van der Waals surface area (Å²) in [7, 11) is 0. The van der Waals surface area contributed by atoms with Crippen molar-refractivity contribution in [3.05, 3.63) is 105 Å². The molecule has 1 amide bonds. The molecule has 6 heteroatoms. The number of ether oxygens (including phenoxy) is 1. The molecule has 1 aliphatic heterocycles. The number of hydrogen-bond donors (Lipinski definition) is 0. The highest BCUT2D eigenvalue weighted by molar-refractivity contribution is 6.10. The summed E-state index contributed by atoms with van der Waals surface area (Å²) in [5, 5.41) is 0.430. The van der Waals surface area contributed by atoms with Crippen LogP contribution in [-0.4, -0.2) is 18.3 Å². The van der Waals surface area contributed by atoms with Crippen molar-refractivity contribution in [1.82, 2.24) is 0 Å². The maximum atomic E-state index is 13.7. The van der Waals surface area contributed by atoms with Gasteiger partial charge in [-0.25, -0.2) is 0 Å². The van der Waals surface area contributed by atoms with E-state index in [0.717, 1.165) is 24.2 Å². The van der Waals surface area contributed by atoms with Gasteiger partial charge < -0.3 is 9.15 Å². The Labute approximate surface area is 215 Å². The average molecular weight is 496 g/mol. The number of rotatable bonds is 9. The molecule has 0 N–H and O–H groups in total. The normalized spacial score (nSPS) is 14.7. The van der Waals surface area contributed by atoms with Crippen LogP contribution in [-0.2, 0) is 0 Å². The second kappa shape index (κ2) is 10.4. The SMILES string of the molecule is CCCCCCOc1ccc(C2c3c(oc4ccccc4c3=O)C(=O)N2c2ccc(C(C)=O)cc2)cc1. The Morgan fingerprint density at radius 3 is 2.35 bits per heavy atom. The summed E-state index contributed by atoms with van der Waals surface area (Å²) >= 11 is 0. The molecule has 188 valence electrons. The molecule has 0 fully saturated rings. The summed E-state index contributed by atoms with van der Waals surface area (Å²) in [6.07, 6.45) is 4.50. The van der Waals surface area contributed by atoms with Gasteiger partial charge in [0.05, 0.1) is 23.6 Å². The quantitative estimate of drug-likeness (QED) is 0.191. The number of ketones is 1. The van der Waals surface area contributed by atoms with Crippen LogP contribution in [0, 0.1) is 0 Å². The molecular formula is C31H29NO5. The van der Waals surface area contributed by atoms with Gasteiger partial charge in [-0.2, -0.15) is 0 Å². The van der Waals surface area contributed by atoms with Crippen LogP contribution < -0.4 is 15.1 Å². The molecule has 0 bridgehead atoms. The summed E-state index contributed by atoms with van der Waals surface area (Å²) in [4.78, 5) is 40.7. The second-order valence-corrected chi connectivity index (χ2v) is 9.33. The molecule has 4 aromatic rings. The molecule has 0 aliphatic carbocycles. The van der Waals surface area contributed by atoms with E-state index in [2.05, 4.69) is 6.92 Å². The maximum Gasteiger partial charge on any atom is 0.295 e. The summed E-state index contributed by atoms with van der Waals surface area (Å²) in [6.45, 7) is 4.32. The van der Waals surface area contributed by atoms with E-state index in [0.29, 0.717) is 34.4 Å². The minimum atomic E-state index is -0.676. The van der Waals surface area contributed by atoms with Gasteiger partial charge in [-0.3, -0.25) is 19.3 Å². The van der Waals surface area contributed by atoms with E-state index in [-0.39, 0.29) is 17.0 Å². The highest BCUT2D eigenvalue weighted by Crippen LogP contribution is 2.41. The van der Waals surface area contributed by atoms with Gasteiger partial charge in [0.15, 0.2) is 11.2 Å². The van der Waals surface area contributed by atoms with Gasteiger partial charge in [-0.05, 0) is 67.4 Å². The van der Waals surface area contributed by atoms with E-state index in [9.17, 15) is 14.4 Å². The molecule has 6 nitrogen and oxygen atoms in total. The number of unbranched alkanes of at least 4 members (excludes halogenated alkanes) is 3. The summed E-state index contributed by atoms with van der Waals surface area (Å²) in [5.74, 6) is 0.329. The predicted molar refractivity (Wildman–Crippen MR) is 144 cm³/mol. The van der Waals surface area contributed by atoms with Gasteiger partial charge in [-0.1, -0.05) is 50.5 Å². The molecule has 1 unspecified atom stereocenters. The van der Waals surface area contributed by atoms with Crippen LogP contribution in [0.5, 0.6) is 5.75 Å². The third kappa shape index (κ3) is 4.67. The minimum Gasteiger partial charge on any atom is -0.494 e. The first-order valence-electron chi connectivity index (χ1n) is 12.7. The van der Waals surface area contributed by atoms with Crippen LogP contribution >= 0.6 is 0 Å². The fourth-order valence-electron chi connectivity index (χ4n) is 4.82. The van der Waals surface area contributed by atoms with E-state index < -0.39 is 11.9 Å². The lowest BCUT2D eigenvalue weighted by Crippen LogP contribution is -2.29. The number of Topliss-reactive ketones (excluding diaryl/α,β-unsaturated/α-hetero) is 1. The molecule has 0 spiro atoms. The summed E-state index contributed by atoms with van der Waals surface area (Å²) in [5.41, 5.74) is 2.35. The van der Waals surface area contributed by atoms with Crippen LogP contribution in [0.2, 0.25) is 0 Å². The van der Waals surface area contributed by atoms with Crippen molar-refractivity contribution >= 4 is 28.3 Å². The summed E-state index contributed by atoms with van der Waals surface area (Å²) in [6, 6.07) is 20.6. The van der Waals surface area contributed by atoms with E-state index in [1.54, 1.807) is 53.4 Å². The highest BCUT2D eigenvalue weighted by atomic mass is 16.5. The Bertz CT molecular complexity index is 1500. The lowest BCUT2D eigenvalue weighted by molar-refractivity contribution is 0.0970. The van der Waals surface area contributed by atoms with Crippen molar-refractivity contribution in [3.63, 3.8) is 0 Å². The number of fused-ring (bicyclic) bond motifs is 2. The van der Waals surface area contributed by atoms with Crippen LogP contribution in [0.25, 0.3) is 11.0 Å². The first-order chi connectivity index (χ1) is 18.0. The zero-order valence-corrected chi connectivity index (χ0v) is 21.0. The van der Waals surface area contributed by atoms with Crippen molar-refractivity contribution in [3.8, 4) is 5.75 Å². The fraction of sp³-hybridized carbons (Fsp3) is 0.258. The van der Waals surface area contributed by atoms with Gasteiger partial charge in [0.1, 0.15) is 11.3 Å². The van der Waals surface area contributed by atoms with Crippen LogP contribution in [0.1, 0.15) is 77.6 Å². The number of para-hydroxylation sites is 1. The number of carbonyl (C=O) groups is 2. The van der Waals surface area contributed by atoms with Gasteiger partial charge in [0.2, 0.25) is 5.76 Å². The van der Waals surface area contributed by atoms with Crippen molar-refractivity contribution in [2.24, 2.45) is 0 Å². The molecule has 0 radical (unpaired) electrons. The zero-order chi connectivity index (χ0) is 25.9. The Hall–Kier alpha value is -4.19. The molecule has 0 saturated heterocycles. The number of anilines is 1. The van der Waals surface area contributed by atoms with E-state index in [4.69, 9.17) is 9.15 Å². The minimum absolute atomic E-state index is 0.0422. The Balaban J connectivity index is 1.56. The number of nitrogens with zero attached hydrogens (tertiary/aromatic N) is 1. The number of carbonyl (C=O) groups excluding carboxylic acids is 2. The first kappa shape index (κ1) is 24.5. The number of amides is 1. The van der Waals surface area contributed by atoms with Crippen molar-refractivity contribution < 1.29 is 18.7 Å². The number of hydrogen-bond acceptors (Lipinski definition) is 5. The first-order valence-corrected chi connectivity index (χ1v) is 12.7. The number of benzene rings is 3. The smallest absolute Gasteiger partial charge is 0.295 e. The zero-order valence-electron chi connectivity index (χ0n) is 21.0. The van der Waals surface area contributed by atoms with Crippen LogP contribution in [0.3, 0.4) is 0 Å². The Kier molecular flexibility index (Phi) is 6.91. The van der Waals surface area contributed by atoms with Crippen molar-refractivity contribution in [1.29, 1.82) is 0 Å². The lowest BCUT2D eigenvalue weighted by Gasteiger charge is -2.25. The van der Waals surface area contributed by atoms with Gasteiger partial charge in [0, 0.05) is 11.3 Å². The largest absolute Gasteiger partial charge is 0.494 e. The van der Waals surface area contributed by atoms with E-state index >= 15 is 0 Å². The van der Waals surface area contributed by atoms with Gasteiger partial charge in [0.25, 0.3) is 5.91 Å². The molecule has 5 rings (SSSR count). The molecule has 1 atom stereocenters. The monoisotopic (exact) mass is 495 g/mol. The molecule has 2 heterocycles. The highest BCUT2D eigenvalue weighted by Gasteiger charge is 2.43. The average Bonchev–Trinajstić information content (AvgIpc) is 3.21. The third-order valence-corrected chi connectivity index (χ3v) is 6.79. The Morgan fingerprint density at radius 1 is 0.919 bits per heavy atom. The lowest BCUT2D eigenvalue weighted by atomic mass is 9.98. The molecule has 1 aromatic heterocycles. The van der Waals surface area contributed by atoms with E-state index in [1.165, 1.54) is 19.8 Å². The maximum absolute atomic E-state index is 13.7. The van der Waals surface area contributed by atoms with Gasteiger partial charge >= 0.3 is 0 Å². The standard InChI is InChI=1S/C31H29NO5/c1-3-4-5-8-19-36-24-17-13-22(14-18-24)28-27-29(34)25-9-6-7-10-26(25)37-30(27)31(35)32(28)23-15-11-21(12-16-23)20(2)33/h6-7,9-18,28H,3-5,8,19H2,1-2H3. The molecule has 1 aliphatic rings. The van der Waals surface area contributed by atoms with Crippen molar-refractivity contribution in [2.45, 2.75) is 45.6 Å². The van der Waals surface area contributed by atoms with Gasteiger partial charge in [-0.15, -0.1) is 0 Å². The predicted octanol–water partition coefficient (Wildman–Crippen LogP) is 6.70. The van der Waals surface area contributed by atoms with E-state index in [1.807, 2.05) is 24.3 Å². The molecule has 3 aromatic carbocycles. The van der Waals surface area contributed by atoms with Crippen LogP contribution in [0.15, 0.2) is 82.0 Å². The molecule has 37 heavy (non-hydrogen) atoms. The third-order valence-electron chi connectivity index (χ3n) is 6.79. The topological polar surface area (TPSA) is 76.8 Å². The van der Waals surface area contributed by atoms with Crippen LogP contribution in [0.4, 0.5) is 5.69 Å².